The topological polar surface area (TPSA) is 81.8 Å². The molecule has 4 rings (SSSR count). The van der Waals surface area contributed by atoms with Crippen molar-refractivity contribution in [2.45, 2.75) is 26.4 Å². The maximum absolute atomic E-state index is 12.4. The first-order valence-electron chi connectivity index (χ1n) is 8.87. The molecule has 0 radical (unpaired) electrons. The molecule has 0 unspecified atom stereocenters. The van der Waals surface area contributed by atoms with Crippen LogP contribution in [0.5, 0.6) is 0 Å². The number of nitrogens with zero attached hydrogens (tertiary/aromatic N) is 4. The van der Waals surface area contributed by atoms with Gasteiger partial charge in [-0.2, -0.15) is 0 Å². The van der Waals surface area contributed by atoms with Crippen molar-refractivity contribution in [1.29, 1.82) is 0 Å². The first-order chi connectivity index (χ1) is 13.2. The largest absolute Gasteiger partial charge is 0.347 e. The van der Waals surface area contributed by atoms with E-state index in [9.17, 15) is 9.59 Å². The molecule has 7 heteroatoms. The van der Waals surface area contributed by atoms with E-state index in [0.29, 0.717) is 16.6 Å². The van der Waals surface area contributed by atoms with Crippen molar-refractivity contribution in [3.63, 3.8) is 0 Å². The highest BCUT2D eigenvalue weighted by atomic mass is 16.2. The fourth-order valence-electron chi connectivity index (χ4n) is 3.18. The Labute approximate surface area is 155 Å². The first-order valence-corrected chi connectivity index (χ1v) is 8.87. The maximum Gasteiger partial charge on any atom is 0.278 e. The van der Waals surface area contributed by atoms with E-state index in [2.05, 4.69) is 27.1 Å². The Balaban J connectivity index is 1.53. The summed E-state index contributed by atoms with van der Waals surface area (Å²) in [6.07, 6.45) is 3.10. The zero-order valence-electron chi connectivity index (χ0n) is 14.9. The summed E-state index contributed by atoms with van der Waals surface area (Å²) in [6, 6.07) is 14.7. The van der Waals surface area contributed by atoms with Crippen LogP contribution in [0.1, 0.15) is 13.3 Å². The summed E-state index contributed by atoms with van der Waals surface area (Å²) in [7, 11) is 0. The van der Waals surface area contributed by atoms with E-state index in [-0.39, 0.29) is 18.0 Å². The Bertz CT molecular complexity index is 1190. The van der Waals surface area contributed by atoms with E-state index in [1.807, 2.05) is 30.5 Å². The Hall–Kier alpha value is -3.48. The Morgan fingerprint density at radius 2 is 2.00 bits per heavy atom. The van der Waals surface area contributed by atoms with Gasteiger partial charge < -0.3 is 9.88 Å². The third kappa shape index (κ3) is 3.31. The Kier molecular flexibility index (Phi) is 4.42. The molecule has 2 aromatic carbocycles. The lowest BCUT2D eigenvalue weighted by atomic mass is 10.2. The molecule has 0 aliphatic heterocycles. The third-order valence-corrected chi connectivity index (χ3v) is 4.44. The summed E-state index contributed by atoms with van der Waals surface area (Å²) in [5, 5.41) is 12.2. The molecule has 0 aliphatic carbocycles. The van der Waals surface area contributed by atoms with Crippen LogP contribution in [0.2, 0.25) is 0 Å². The second kappa shape index (κ2) is 7.03. The van der Waals surface area contributed by atoms with Crippen LogP contribution in [-0.4, -0.2) is 25.5 Å². The highest BCUT2D eigenvalue weighted by Gasteiger charge is 2.10. The quantitative estimate of drug-likeness (QED) is 0.593. The zero-order valence-corrected chi connectivity index (χ0v) is 14.9. The lowest BCUT2D eigenvalue weighted by molar-refractivity contribution is -0.117. The van der Waals surface area contributed by atoms with Gasteiger partial charge in [-0.15, -0.1) is 5.10 Å². The fraction of sp³-hybridized carbons (Fsp3) is 0.200. The van der Waals surface area contributed by atoms with Crippen LogP contribution in [0.4, 0.5) is 5.69 Å². The molecular formula is C20H19N5O2. The predicted octanol–water partition coefficient (Wildman–Crippen LogP) is 2.79. The number of hydrogen-bond acceptors (Lipinski definition) is 4. The molecule has 1 amide bonds. The van der Waals surface area contributed by atoms with Crippen molar-refractivity contribution in [2.24, 2.45) is 0 Å². The van der Waals surface area contributed by atoms with E-state index in [4.69, 9.17) is 0 Å². The van der Waals surface area contributed by atoms with E-state index >= 15 is 0 Å². The molecule has 2 aromatic heterocycles. The number of rotatable bonds is 5. The van der Waals surface area contributed by atoms with Crippen LogP contribution in [0, 0.1) is 0 Å². The van der Waals surface area contributed by atoms with Crippen molar-refractivity contribution in [1.82, 2.24) is 19.6 Å². The molecular weight excluding hydrogens is 342 g/mol. The lowest BCUT2D eigenvalue weighted by Gasteiger charge is -2.08. The van der Waals surface area contributed by atoms with E-state index in [0.717, 1.165) is 28.6 Å². The number of fused-ring (bicyclic) bond motifs is 2. The second-order valence-corrected chi connectivity index (χ2v) is 6.40. The van der Waals surface area contributed by atoms with Gasteiger partial charge in [0.15, 0.2) is 0 Å². The second-order valence-electron chi connectivity index (χ2n) is 6.40. The van der Waals surface area contributed by atoms with Gasteiger partial charge in [0, 0.05) is 29.3 Å². The molecule has 0 spiro atoms. The number of hydrogen-bond donors (Lipinski definition) is 1. The number of benzene rings is 2. The molecule has 7 nitrogen and oxygen atoms in total. The minimum atomic E-state index is -0.331. The minimum absolute atomic E-state index is 0.189. The summed E-state index contributed by atoms with van der Waals surface area (Å²) in [6.45, 7) is 2.91. The van der Waals surface area contributed by atoms with Crippen LogP contribution in [0.3, 0.4) is 0 Å². The molecule has 0 fully saturated rings. The number of amides is 1. The van der Waals surface area contributed by atoms with Gasteiger partial charge in [0.2, 0.25) is 5.91 Å². The molecule has 136 valence electrons. The van der Waals surface area contributed by atoms with Gasteiger partial charge in [-0.05, 0) is 42.8 Å². The molecule has 0 aliphatic rings. The van der Waals surface area contributed by atoms with Crippen LogP contribution < -0.4 is 10.9 Å². The minimum Gasteiger partial charge on any atom is -0.347 e. The van der Waals surface area contributed by atoms with Gasteiger partial charge in [0.1, 0.15) is 12.1 Å². The number of nitrogens with one attached hydrogen (secondary N) is 1. The first kappa shape index (κ1) is 17.0. The molecule has 4 aromatic rings. The number of carbonyl (C=O) groups excluding carboxylic acids is 1. The Morgan fingerprint density at radius 1 is 1.15 bits per heavy atom. The zero-order chi connectivity index (χ0) is 18.8. The fourth-order valence-corrected chi connectivity index (χ4v) is 3.18. The van der Waals surface area contributed by atoms with Crippen molar-refractivity contribution >= 4 is 33.4 Å². The van der Waals surface area contributed by atoms with Gasteiger partial charge in [0.05, 0.1) is 5.39 Å². The normalized spacial score (nSPS) is 11.1. The summed E-state index contributed by atoms with van der Waals surface area (Å²) in [5.74, 6) is -0.325. The smallest absolute Gasteiger partial charge is 0.278 e. The molecule has 0 saturated carbocycles. The van der Waals surface area contributed by atoms with Gasteiger partial charge in [-0.1, -0.05) is 24.3 Å². The van der Waals surface area contributed by atoms with Crippen molar-refractivity contribution in [2.75, 3.05) is 5.32 Å². The van der Waals surface area contributed by atoms with Gasteiger partial charge in [-0.25, -0.2) is 4.68 Å². The summed E-state index contributed by atoms with van der Waals surface area (Å²) >= 11 is 0. The number of aryl methyl sites for hydroxylation is 1. The van der Waals surface area contributed by atoms with E-state index < -0.39 is 0 Å². The molecule has 0 atom stereocenters. The summed E-state index contributed by atoms with van der Waals surface area (Å²) in [4.78, 5) is 24.8. The van der Waals surface area contributed by atoms with Gasteiger partial charge >= 0.3 is 0 Å². The SMILES string of the molecule is CCCn1ccc2cc(NC(=O)Cn3nnc4ccccc4c3=O)ccc21. The van der Waals surface area contributed by atoms with Crippen molar-refractivity contribution in [3.05, 3.63) is 65.1 Å². The Morgan fingerprint density at radius 3 is 2.85 bits per heavy atom. The van der Waals surface area contributed by atoms with Crippen LogP contribution in [0.15, 0.2) is 59.5 Å². The van der Waals surface area contributed by atoms with Crippen LogP contribution in [-0.2, 0) is 17.9 Å². The molecule has 27 heavy (non-hydrogen) atoms. The standard InChI is InChI=1S/C20H19N5O2/c1-2-10-24-11-9-14-12-15(7-8-18(14)24)21-19(26)13-25-20(27)16-5-3-4-6-17(16)22-23-25/h3-9,11-12H,2,10,13H2,1H3,(H,21,26). The van der Waals surface area contributed by atoms with E-state index in [1.54, 1.807) is 24.3 Å². The monoisotopic (exact) mass is 361 g/mol. The predicted molar refractivity (Wildman–Crippen MR) is 105 cm³/mol. The number of carbonyl (C=O) groups is 1. The highest BCUT2D eigenvalue weighted by molar-refractivity contribution is 5.93. The summed E-state index contributed by atoms with van der Waals surface area (Å²) in [5.41, 5.74) is 2.00. The molecule has 1 N–H and O–H groups in total. The molecule has 0 bridgehead atoms. The molecule has 0 saturated heterocycles. The van der Waals surface area contributed by atoms with Gasteiger partial charge in [0.25, 0.3) is 5.56 Å². The van der Waals surface area contributed by atoms with Crippen molar-refractivity contribution in [3.8, 4) is 0 Å². The van der Waals surface area contributed by atoms with Gasteiger partial charge in [-0.3, -0.25) is 9.59 Å². The highest BCUT2D eigenvalue weighted by Crippen LogP contribution is 2.21. The van der Waals surface area contributed by atoms with E-state index in [1.165, 1.54) is 0 Å². The number of aromatic nitrogens is 4. The average molecular weight is 361 g/mol. The third-order valence-electron chi connectivity index (χ3n) is 4.44. The molecule has 2 heterocycles. The average Bonchev–Trinajstić information content (AvgIpc) is 3.07. The van der Waals surface area contributed by atoms with Crippen molar-refractivity contribution < 1.29 is 4.79 Å². The summed E-state index contributed by atoms with van der Waals surface area (Å²) < 4.78 is 3.26. The van der Waals surface area contributed by atoms with Crippen LogP contribution >= 0.6 is 0 Å². The van der Waals surface area contributed by atoms with Crippen LogP contribution in [0.25, 0.3) is 21.8 Å². The number of anilines is 1. The maximum atomic E-state index is 12.4. The lowest BCUT2D eigenvalue weighted by Crippen LogP contribution is -2.30.